The van der Waals surface area contributed by atoms with Crippen molar-refractivity contribution >= 4 is 22.0 Å². The number of nitrogens with zero attached hydrogens (tertiary/aromatic N) is 3. The van der Waals surface area contributed by atoms with Crippen molar-refractivity contribution in [1.82, 2.24) is 20.3 Å². The first kappa shape index (κ1) is 10.4. The van der Waals surface area contributed by atoms with Crippen molar-refractivity contribution in [3.63, 3.8) is 0 Å². The highest BCUT2D eigenvalue weighted by atomic mass is 79.9. The fourth-order valence-electron chi connectivity index (χ4n) is 0.939. The molecule has 0 aliphatic heterocycles. The van der Waals surface area contributed by atoms with E-state index in [1.807, 2.05) is 20.2 Å². The van der Waals surface area contributed by atoms with Gasteiger partial charge in [-0.3, -0.25) is 0 Å². The van der Waals surface area contributed by atoms with Gasteiger partial charge in [-0.05, 0) is 42.0 Å². The lowest BCUT2D eigenvalue weighted by molar-refractivity contribution is 0.709. The summed E-state index contributed by atoms with van der Waals surface area (Å²) in [5.41, 5.74) is 0.996. The van der Waals surface area contributed by atoms with E-state index < -0.39 is 0 Å². The maximum Gasteiger partial charge on any atom is 0.155 e. The molecule has 0 bridgehead atoms. The van der Waals surface area contributed by atoms with Crippen LogP contribution in [0.4, 0.5) is 0 Å². The molecule has 13 heavy (non-hydrogen) atoms. The monoisotopic (exact) mass is 244 g/mol. The molecule has 5 heteroatoms. The summed E-state index contributed by atoms with van der Waals surface area (Å²) in [7, 11) is 3.81. The van der Waals surface area contributed by atoms with E-state index in [0.29, 0.717) is 0 Å². The molecule has 0 saturated heterocycles. The van der Waals surface area contributed by atoms with Gasteiger partial charge in [-0.15, -0.1) is 5.10 Å². The molecule has 0 unspecified atom stereocenters. The minimum absolute atomic E-state index is 0.788. The first-order chi connectivity index (χ1) is 6.25. The van der Waals surface area contributed by atoms with Crippen LogP contribution in [0.2, 0.25) is 0 Å². The van der Waals surface area contributed by atoms with Crippen molar-refractivity contribution in [2.75, 3.05) is 13.6 Å². The first-order valence-corrected chi connectivity index (χ1v) is 4.91. The Labute approximate surface area is 86.1 Å². The summed E-state index contributed by atoms with van der Waals surface area (Å²) in [6, 6.07) is 0. The Morgan fingerprint density at radius 1 is 1.62 bits per heavy atom. The van der Waals surface area contributed by atoms with E-state index in [-0.39, 0.29) is 0 Å². The molecular formula is C8H13BrN4. The summed E-state index contributed by atoms with van der Waals surface area (Å²) in [6.07, 6.45) is 5.12. The van der Waals surface area contributed by atoms with Gasteiger partial charge in [0, 0.05) is 7.05 Å². The van der Waals surface area contributed by atoms with Gasteiger partial charge >= 0.3 is 0 Å². The zero-order valence-electron chi connectivity index (χ0n) is 7.79. The predicted molar refractivity (Wildman–Crippen MR) is 56.3 cm³/mol. The van der Waals surface area contributed by atoms with Gasteiger partial charge in [0.05, 0.1) is 5.69 Å². The van der Waals surface area contributed by atoms with Crippen LogP contribution in [-0.4, -0.2) is 28.6 Å². The molecule has 0 aliphatic rings. The van der Waals surface area contributed by atoms with E-state index in [1.54, 1.807) is 4.68 Å². The van der Waals surface area contributed by atoms with Crippen LogP contribution in [0.3, 0.4) is 0 Å². The highest BCUT2D eigenvalue weighted by Crippen LogP contribution is 2.13. The van der Waals surface area contributed by atoms with Crippen molar-refractivity contribution < 1.29 is 0 Å². The van der Waals surface area contributed by atoms with Gasteiger partial charge in [0.15, 0.2) is 4.60 Å². The third kappa shape index (κ3) is 2.93. The third-order valence-electron chi connectivity index (χ3n) is 1.66. The van der Waals surface area contributed by atoms with Crippen LogP contribution in [0, 0.1) is 0 Å². The molecule has 1 aromatic rings. The Morgan fingerprint density at radius 3 is 2.92 bits per heavy atom. The molecule has 1 heterocycles. The average Bonchev–Trinajstić information content (AvgIpc) is 2.42. The van der Waals surface area contributed by atoms with Crippen LogP contribution in [0.5, 0.6) is 0 Å². The molecule has 1 rings (SSSR count). The van der Waals surface area contributed by atoms with Gasteiger partial charge in [-0.25, -0.2) is 4.68 Å². The lowest BCUT2D eigenvalue weighted by atomic mass is 10.3. The van der Waals surface area contributed by atoms with Gasteiger partial charge in [0.2, 0.25) is 0 Å². The molecule has 0 amide bonds. The first-order valence-electron chi connectivity index (χ1n) is 4.12. The van der Waals surface area contributed by atoms with E-state index in [0.717, 1.165) is 23.3 Å². The third-order valence-corrected chi connectivity index (χ3v) is 2.23. The zero-order valence-corrected chi connectivity index (χ0v) is 9.37. The normalized spacial score (nSPS) is 11.3. The molecule has 0 aliphatic carbocycles. The fraction of sp³-hybridized carbons (Fsp3) is 0.500. The van der Waals surface area contributed by atoms with Gasteiger partial charge in [0.25, 0.3) is 0 Å². The van der Waals surface area contributed by atoms with Crippen LogP contribution in [0.15, 0.2) is 10.7 Å². The second kappa shape index (κ2) is 5.14. The number of rotatable bonds is 4. The quantitative estimate of drug-likeness (QED) is 0.810. The number of aromatic nitrogens is 3. The highest BCUT2D eigenvalue weighted by molar-refractivity contribution is 9.10. The van der Waals surface area contributed by atoms with Crippen molar-refractivity contribution in [3.8, 4) is 0 Å². The minimum Gasteiger partial charge on any atom is -0.319 e. The molecule has 0 aromatic carbocycles. The van der Waals surface area contributed by atoms with E-state index in [4.69, 9.17) is 0 Å². The molecule has 1 N–H and O–H groups in total. The number of halogens is 1. The molecule has 0 fully saturated rings. The second-order valence-electron chi connectivity index (χ2n) is 2.68. The molecule has 0 spiro atoms. The lowest BCUT2D eigenvalue weighted by Gasteiger charge is -1.94. The van der Waals surface area contributed by atoms with Gasteiger partial charge in [-0.1, -0.05) is 11.3 Å². The standard InChI is InChI=1S/C8H13BrN4/c1-10-6-4-3-5-7-8(9)11-12-13(7)2/h3,5,10H,4,6H2,1-2H3/b5-3+. The number of hydrogen-bond donors (Lipinski definition) is 1. The van der Waals surface area contributed by atoms with Crippen LogP contribution in [-0.2, 0) is 7.05 Å². The van der Waals surface area contributed by atoms with Crippen LogP contribution >= 0.6 is 15.9 Å². The lowest BCUT2D eigenvalue weighted by Crippen LogP contribution is -2.05. The van der Waals surface area contributed by atoms with Crippen molar-refractivity contribution in [3.05, 3.63) is 16.4 Å². The molecule has 4 nitrogen and oxygen atoms in total. The summed E-state index contributed by atoms with van der Waals surface area (Å²) in [5.74, 6) is 0. The summed E-state index contributed by atoms with van der Waals surface area (Å²) in [4.78, 5) is 0. The number of nitrogens with one attached hydrogen (secondary N) is 1. The number of aryl methyl sites for hydroxylation is 1. The molecular weight excluding hydrogens is 232 g/mol. The van der Waals surface area contributed by atoms with Crippen LogP contribution in [0.1, 0.15) is 12.1 Å². The van der Waals surface area contributed by atoms with E-state index >= 15 is 0 Å². The van der Waals surface area contributed by atoms with Gasteiger partial charge in [-0.2, -0.15) is 0 Å². The van der Waals surface area contributed by atoms with Crippen LogP contribution in [0.25, 0.3) is 6.08 Å². The van der Waals surface area contributed by atoms with Gasteiger partial charge < -0.3 is 5.32 Å². The minimum atomic E-state index is 0.788. The van der Waals surface area contributed by atoms with Crippen molar-refractivity contribution in [2.45, 2.75) is 6.42 Å². The second-order valence-corrected chi connectivity index (χ2v) is 3.43. The summed E-state index contributed by atoms with van der Waals surface area (Å²) in [5, 5.41) is 10.8. The Balaban J connectivity index is 2.57. The van der Waals surface area contributed by atoms with Crippen molar-refractivity contribution in [1.29, 1.82) is 0 Å². The topological polar surface area (TPSA) is 42.7 Å². The average molecular weight is 245 g/mol. The molecule has 0 atom stereocenters. The predicted octanol–water partition coefficient (Wildman–Crippen LogP) is 1.20. The molecule has 0 saturated carbocycles. The molecule has 1 aromatic heterocycles. The zero-order chi connectivity index (χ0) is 9.68. The molecule has 72 valence electrons. The summed E-state index contributed by atoms with van der Waals surface area (Å²) in [6.45, 7) is 0.986. The van der Waals surface area contributed by atoms with Crippen LogP contribution < -0.4 is 5.32 Å². The maximum absolute atomic E-state index is 3.88. The fourth-order valence-corrected chi connectivity index (χ4v) is 1.40. The Morgan fingerprint density at radius 2 is 2.38 bits per heavy atom. The largest absolute Gasteiger partial charge is 0.319 e. The van der Waals surface area contributed by atoms with E-state index in [9.17, 15) is 0 Å². The van der Waals surface area contributed by atoms with Gasteiger partial charge in [0.1, 0.15) is 0 Å². The Hall–Kier alpha value is -0.680. The van der Waals surface area contributed by atoms with E-state index in [2.05, 4.69) is 37.6 Å². The SMILES string of the molecule is CNCC/C=C/c1c(Br)nnn1C. The smallest absolute Gasteiger partial charge is 0.155 e. The maximum atomic E-state index is 3.88. The number of hydrogen-bond acceptors (Lipinski definition) is 3. The summed E-state index contributed by atoms with van der Waals surface area (Å²) < 4.78 is 2.52. The Kier molecular flexibility index (Phi) is 4.11. The Bertz CT molecular complexity index is 273. The molecule has 0 radical (unpaired) electrons. The van der Waals surface area contributed by atoms with E-state index in [1.165, 1.54) is 0 Å². The summed E-state index contributed by atoms with van der Waals surface area (Å²) >= 11 is 3.32. The van der Waals surface area contributed by atoms with Crippen molar-refractivity contribution in [2.24, 2.45) is 7.05 Å². The highest BCUT2D eigenvalue weighted by Gasteiger charge is 2.02.